The van der Waals surface area contributed by atoms with Crippen molar-refractivity contribution in [2.24, 2.45) is 4.99 Å². The maximum Gasteiger partial charge on any atom is 0.218 e. The average molecular weight is 517 g/mol. The van der Waals surface area contributed by atoms with Crippen LogP contribution in [0.3, 0.4) is 0 Å². The molecule has 1 fully saturated rings. The molecule has 1 unspecified atom stereocenters. The Labute approximate surface area is 188 Å². The van der Waals surface area contributed by atoms with Gasteiger partial charge in [0, 0.05) is 43.6 Å². The number of nitrogens with zero attached hydrogens (tertiary/aromatic N) is 4. The van der Waals surface area contributed by atoms with Crippen LogP contribution in [-0.4, -0.2) is 48.7 Å². The van der Waals surface area contributed by atoms with Crippen LogP contribution in [0.5, 0.6) is 5.88 Å². The standard InChI is InChI=1S/C19H25ClN6O.HI/c1-3-21-19(24-12-14-6-4-10-23-18(14)27-2)25-15-8-11-26(13-15)17-16(20)7-5-9-22-17;/h4-7,9-10,15H,3,8,11-13H2,1-2H3,(H2,21,24,25);1H. The summed E-state index contributed by atoms with van der Waals surface area (Å²) in [6.07, 6.45) is 4.48. The molecule has 1 aliphatic rings. The van der Waals surface area contributed by atoms with Gasteiger partial charge in [0.1, 0.15) is 5.82 Å². The number of anilines is 1. The SMILES string of the molecule is CCNC(=NCc1cccnc1OC)NC1CCN(c2ncccc2Cl)C1.I. The van der Waals surface area contributed by atoms with E-state index in [1.807, 2.05) is 24.3 Å². The van der Waals surface area contributed by atoms with Gasteiger partial charge in [-0.1, -0.05) is 17.7 Å². The van der Waals surface area contributed by atoms with Gasteiger partial charge in [-0.3, -0.25) is 0 Å². The molecule has 0 aliphatic carbocycles. The van der Waals surface area contributed by atoms with Crippen molar-refractivity contribution < 1.29 is 4.74 Å². The first-order valence-electron chi connectivity index (χ1n) is 9.09. The van der Waals surface area contributed by atoms with E-state index in [9.17, 15) is 0 Å². The molecule has 0 aromatic carbocycles. The lowest BCUT2D eigenvalue weighted by Crippen LogP contribution is -2.44. The van der Waals surface area contributed by atoms with E-state index in [2.05, 4.69) is 37.4 Å². The smallest absolute Gasteiger partial charge is 0.218 e. The Hall–Kier alpha value is -1.81. The molecule has 0 radical (unpaired) electrons. The van der Waals surface area contributed by atoms with Crippen molar-refractivity contribution in [2.45, 2.75) is 25.9 Å². The molecule has 1 aliphatic heterocycles. The third-order valence-corrected chi connectivity index (χ3v) is 4.66. The summed E-state index contributed by atoms with van der Waals surface area (Å²) < 4.78 is 5.30. The van der Waals surface area contributed by atoms with Crippen LogP contribution in [0.15, 0.2) is 41.7 Å². The molecule has 152 valence electrons. The quantitative estimate of drug-likeness (QED) is 0.349. The molecule has 2 aromatic rings. The van der Waals surface area contributed by atoms with Crippen LogP contribution >= 0.6 is 35.6 Å². The number of guanidine groups is 1. The number of hydrogen-bond donors (Lipinski definition) is 2. The molecule has 1 atom stereocenters. The van der Waals surface area contributed by atoms with Gasteiger partial charge < -0.3 is 20.3 Å². The Morgan fingerprint density at radius 2 is 2.11 bits per heavy atom. The van der Waals surface area contributed by atoms with E-state index < -0.39 is 0 Å². The Balaban J connectivity index is 0.00000280. The molecule has 2 aromatic heterocycles. The molecule has 0 saturated carbocycles. The normalized spacial score (nSPS) is 16.5. The first-order valence-corrected chi connectivity index (χ1v) is 9.47. The fourth-order valence-electron chi connectivity index (χ4n) is 3.09. The molecule has 3 heterocycles. The Bertz CT molecular complexity index is 791. The molecule has 9 heteroatoms. The second-order valence-corrected chi connectivity index (χ2v) is 6.66. The summed E-state index contributed by atoms with van der Waals surface area (Å²) >= 11 is 6.28. The van der Waals surface area contributed by atoms with Crippen LogP contribution in [0.4, 0.5) is 5.82 Å². The second-order valence-electron chi connectivity index (χ2n) is 6.25. The summed E-state index contributed by atoms with van der Waals surface area (Å²) in [5.74, 6) is 2.22. The molecule has 28 heavy (non-hydrogen) atoms. The second kappa shape index (κ2) is 11.3. The summed E-state index contributed by atoms with van der Waals surface area (Å²) in [6.45, 7) is 5.07. The molecular formula is C19H26ClIN6O. The van der Waals surface area contributed by atoms with E-state index in [-0.39, 0.29) is 30.0 Å². The summed E-state index contributed by atoms with van der Waals surface area (Å²) in [5, 5.41) is 7.49. The minimum absolute atomic E-state index is 0. The van der Waals surface area contributed by atoms with Crippen molar-refractivity contribution >= 4 is 47.4 Å². The van der Waals surface area contributed by atoms with Gasteiger partial charge >= 0.3 is 0 Å². The van der Waals surface area contributed by atoms with Crippen molar-refractivity contribution in [3.63, 3.8) is 0 Å². The monoisotopic (exact) mass is 516 g/mol. The zero-order chi connectivity index (χ0) is 19.1. The van der Waals surface area contributed by atoms with Gasteiger partial charge in [0.2, 0.25) is 5.88 Å². The van der Waals surface area contributed by atoms with Crippen LogP contribution in [0.1, 0.15) is 18.9 Å². The Morgan fingerprint density at radius 3 is 2.86 bits per heavy atom. The predicted octanol–water partition coefficient (Wildman–Crippen LogP) is 3.09. The lowest BCUT2D eigenvalue weighted by atomic mass is 10.2. The highest BCUT2D eigenvalue weighted by Crippen LogP contribution is 2.25. The Morgan fingerprint density at radius 1 is 1.32 bits per heavy atom. The number of halogens is 2. The van der Waals surface area contributed by atoms with Crippen LogP contribution in [0.25, 0.3) is 0 Å². The summed E-state index contributed by atoms with van der Waals surface area (Å²) in [6, 6.07) is 7.85. The lowest BCUT2D eigenvalue weighted by Gasteiger charge is -2.20. The molecule has 3 rings (SSSR count). The van der Waals surface area contributed by atoms with Gasteiger partial charge in [-0.25, -0.2) is 15.0 Å². The van der Waals surface area contributed by atoms with E-state index in [1.54, 1.807) is 19.5 Å². The van der Waals surface area contributed by atoms with Gasteiger partial charge in [0.15, 0.2) is 5.96 Å². The minimum atomic E-state index is 0. The van der Waals surface area contributed by atoms with Gasteiger partial charge in [-0.2, -0.15) is 0 Å². The number of hydrogen-bond acceptors (Lipinski definition) is 5. The number of aromatic nitrogens is 2. The number of pyridine rings is 2. The van der Waals surface area contributed by atoms with Gasteiger partial charge in [-0.15, -0.1) is 24.0 Å². The van der Waals surface area contributed by atoms with Crippen LogP contribution in [0, 0.1) is 0 Å². The molecule has 2 N–H and O–H groups in total. The molecular weight excluding hydrogens is 491 g/mol. The van der Waals surface area contributed by atoms with E-state index in [0.29, 0.717) is 17.4 Å². The predicted molar refractivity (Wildman–Crippen MR) is 124 cm³/mol. The number of aliphatic imine (C=N–C) groups is 1. The van der Waals surface area contributed by atoms with Crippen molar-refractivity contribution in [3.8, 4) is 5.88 Å². The van der Waals surface area contributed by atoms with E-state index in [1.165, 1.54) is 0 Å². The summed E-state index contributed by atoms with van der Waals surface area (Å²) in [7, 11) is 1.62. The third-order valence-electron chi connectivity index (χ3n) is 4.36. The number of nitrogens with one attached hydrogen (secondary N) is 2. The summed E-state index contributed by atoms with van der Waals surface area (Å²) in [4.78, 5) is 15.5. The van der Waals surface area contributed by atoms with Crippen molar-refractivity contribution in [1.82, 2.24) is 20.6 Å². The average Bonchev–Trinajstić information content (AvgIpc) is 3.15. The molecule has 0 bridgehead atoms. The highest BCUT2D eigenvalue weighted by Gasteiger charge is 2.25. The molecule has 7 nitrogen and oxygen atoms in total. The fraction of sp³-hybridized carbons (Fsp3) is 0.421. The number of rotatable bonds is 6. The summed E-state index contributed by atoms with van der Waals surface area (Å²) in [5.41, 5.74) is 0.950. The van der Waals surface area contributed by atoms with Gasteiger partial charge in [0.25, 0.3) is 0 Å². The highest BCUT2D eigenvalue weighted by molar-refractivity contribution is 14.0. The zero-order valence-electron chi connectivity index (χ0n) is 16.1. The minimum Gasteiger partial charge on any atom is -0.481 e. The third kappa shape index (κ3) is 5.84. The molecule has 0 spiro atoms. The van der Waals surface area contributed by atoms with Crippen molar-refractivity contribution in [3.05, 3.63) is 47.2 Å². The zero-order valence-corrected chi connectivity index (χ0v) is 19.1. The van der Waals surface area contributed by atoms with E-state index >= 15 is 0 Å². The maximum absolute atomic E-state index is 6.28. The number of methoxy groups -OCH3 is 1. The van der Waals surface area contributed by atoms with E-state index in [0.717, 1.165) is 43.4 Å². The topological polar surface area (TPSA) is 74.7 Å². The molecule has 0 amide bonds. The highest BCUT2D eigenvalue weighted by atomic mass is 127. The van der Waals surface area contributed by atoms with Crippen LogP contribution in [0.2, 0.25) is 5.02 Å². The first kappa shape index (κ1) is 22.5. The first-order chi connectivity index (χ1) is 13.2. The molecule has 1 saturated heterocycles. The van der Waals surface area contributed by atoms with Gasteiger partial charge in [-0.05, 0) is 31.5 Å². The largest absolute Gasteiger partial charge is 0.481 e. The van der Waals surface area contributed by atoms with Crippen molar-refractivity contribution in [1.29, 1.82) is 0 Å². The van der Waals surface area contributed by atoms with E-state index in [4.69, 9.17) is 16.3 Å². The van der Waals surface area contributed by atoms with Crippen LogP contribution in [-0.2, 0) is 6.54 Å². The fourth-order valence-corrected chi connectivity index (χ4v) is 3.33. The maximum atomic E-state index is 6.28. The number of ether oxygens (including phenoxy) is 1. The Kier molecular flexibility index (Phi) is 9.04. The lowest BCUT2D eigenvalue weighted by molar-refractivity contribution is 0.392. The van der Waals surface area contributed by atoms with Crippen LogP contribution < -0.4 is 20.3 Å². The van der Waals surface area contributed by atoms with Crippen molar-refractivity contribution in [2.75, 3.05) is 31.6 Å². The van der Waals surface area contributed by atoms with Gasteiger partial charge in [0.05, 0.1) is 18.7 Å².